The molecule has 8 nitrogen and oxygen atoms in total. The molecule has 0 spiro atoms. The van der Waals surface area contributed by atoms with Crippen LogP contribution in [0.5, 0.6) is 5.75 Å². The van der Waals surface area contributed by atoms with Gasteiger partial charge < -0.3 is 9.84 Å². The summed E-state index contributed by atoms with van der Waals surface area (Å²) < 4.78 is 4.25. The highest BCUT2D eigenvalue weighted by atomic mass is 16.6. The number of non-ortho nitro benzene ring substituents is 1. The minimum Gasteiger partial charge on any atom is -0.507 e. The normalized spacial score (nSPS) is 10.2. The first kappa shape index (κ1) is 12.4. The van der Waals surface area contributed by atoms with Crippen LogP contribution in [0.1, 0.15) is 5.56 Å². The monoisotopic (exact) mass is 239 g/mol. The van der Waals surface area contributed by atoms with Gasteiger partial charge in [0.15, 0.2) is 0 Å². The average Bonchev–Trinajstić information content (AvgIpc) is 2.30. The van der Waals surface area contributed by atoms with Gasteiger partial charge in [-0.2, -0.15) is 5.10 Å². The summed E-state index contributed by atoms with van der Waals surface area (Å²) in [5.74, 6) is -0.189. The number of phenols is 1. The Morgan fingerprint density at radius 2 is 2.35 bits per heavy atom. The predicted octanol–water partition coefficient (Wildman–Crippen LogP) is 0.990. The van der Waals surface area contributed by atoms with Gasteiger partial charge in [0, 0.05) is 17.7 Å². The Labute approximate surface area is 95.7 Å². The number of carbonyl (C=O) groups excluding carboxylic acids is 1. The SMILES string of the molecule is COC(=O)N/N=C\c1cc([N+](=O)[O-])ccc1O. The fourth-order valence-corrected chi connectivity index (χ4v) is 0.959. The molecule has 0 aliphatic heterocycles. The molecular weight excluding hydrogens is 230 g/mol. The van der Waals surface area contributed by atoms with Gasteiger partial charge in [0.25, 0.3) is 5.69 Å². The summed E-state index contributed by atoms with van der Waals surface area (Å²) in [5.41, 5.74) is 1.90. The van der Waals surface area contributed by atoms with Gasteiger partial charge in [-0.1, -0.05) is 0 Å². The van der Waals surface area contributed by atoms with Crippen molar-refractivity contribution in [1.29, 1.82) is 0 Å². The number of benzene rings is 1. The molecule has 0 heterocycles. The zero-order valence-corrected chi connectivity index (χ0v) is 8.78. The lowest BCUT2D eigenvalue weighted by Crippen LogP contribution is -2.16. The topological polar surface area (TPSA) is 114 Å². The highest BCUT2D eigenvalue weighted by molar-refractivity contribution is 5.85. The number of hydrazone groups is 1. The molecule has 0 aliphatic rings. The molecule has 0 fully saturated rings. The van der Waals surface area contributed by atoms with E-state index in [0.717, 1.165) is 31.5 Å². The second-order valence-corrected chi connectivity index (χ2v) is 2.86. The van der Waals surface area contributed by atoms with Crippen LogP contribution in [0.2, 0.25) is 0 Å². The number of phenolic OH excluding ortho intramolecular Hbond substituents is 1. The standard InChI is InChI=1S/C9H9N3O5/c1-17-9(14)11-10-5-6-4-7(12(15)16)2-3-8(6)13/h2-5,13H,1H3,(H,11,14)/b10-5-. The van der Waals surface area contributed by atoms with Gasteiger partial charge in [0.05, 0.1) is 18.2 Å². The van der Waals surface area contributed by atoms with E-state index in [1.807, 2.05) is 5.43 Å². The number of ether oxygens (including phenoxy) is 1. The molecule has 0 radical (unpaired) electrons. The molecular formula is C9H9N3O5. The number of hydrogen-bond donors (Lipinski definition) is 2. The molecule has 1 aromatic rings. The zero-order valence-electron chi connectivity index (χ0n) is 8.78. The van der Waals surface area contributed by atoms with Gasteiger partial charge >= 0.3 is 6.09 Å². The second-order valence-electron chi connectivity index (χ2n) is 2.86. The van der Waals surface area contributed by atoms with Gasteiger partial charge in [-0.3, -0.25) is 10.1 Å². The Morgan fingerprint density at radius 3 is 2.94 bits per heavy atom. The predicted molar refractivity (Wildman–Crippen MR) is 57.9 cm³/mol. The van der Waals surface area contributed by atoms with E-state index < -0.39 is 11.0 Å². The molecule has 1 aromatic carbocycles. The highest BCUT2D eigenvalue weighted by Gasteiger charge is 2.08. The first-order chi connectivity index (χ1) is 8.04. The van der Waals surface area contributed by atoms with E-state index in [0.29, 0.717) is 0 Å². The van der Waals surface area contributed by atoms with Gasteiger partial charge in [-0.25, -0.2) is 10.2 Å². The maximum absolute atomic E-state index is 10.6. The maximum Gasteiger partial charge on any atom is 0.427 e. The molecule has 2 N–H and O–H groups in total. The number of nitro groups is 1. The fraction of sp³-hybridized carbons (Fsp3) is 0.111. The van der Waals surface area contributed by atoms with E-state index in [2.05, 4.69) is 9.84 Å². The fourth-order valence-electron chi connectivity index (χ4n) is 0.959. The number of nitrogens with zero attached hydrogens (tertiary/aromatic N) is 2. The van der Waals surface area contributed by atoms with Crippen LogP contribution in [-0.2, 0) is 4.74 Å². The lowest BCUT2D eigenvalue weighted by atomic mass is 10.2. The molecule has 0 unspecified atom stereocenters. The molecule has 0 bridgehead atoms. The van der Waals surface area contributed by atoms with Gasteiger partial charge in [0.1, 0.15) is 5.75 Å². The third-order valence-electron chi connectivity index (χ3n) is 1.77. The van der Waals surface area contributed by atoms with Crippen molar-refractivity contribution in [2.75, 3.05) is 7.11 Å². The minimum absolute atomic E-state index is 0.107. The molecule has 1 amide bonds. The summed E-state index contributed by atoms with van der Waals surface area (Å²) in [6.45, 7) is 0. The molecule has 0 atom stereocenters. The van der Waals surface area contributed by atoms with Crippen molar-refractivity contribution in [3.63, 3.8) is 0 Å². The highest BCUT2D eigenvalue weighted by Crippen LogP contribution is 2.20. The third-order valence-corrected chi connectivity index (χ3v) is 1.77. The molecule has 17 heavy (non-hydrogen) atoms. The lowest BCUT2D eigenvalue weighted by molar-refractivity contribution is -0.384. The van der Waals surface area contributed by atoms with E-state index in [4.69, 9.17) is 0 Å². The van der Waals surface area contributed by atoms with Crippen LogP contribution < -0.4 is 5.43 Å². The smallest absolute Gasteiger partial charge is 0.427 e. The van der Waals surface area contributed by atoms with E-state index >= 15 is 0 Å². The van der Waals surface area contributed by atoms with Crippen molar-refractivity contribution in [2.24, 2.45) is 5.10 Å². The molecule has 0 saturated heterocycles. The molecule has 0 aromatic heterocycles. The number of methoxy groups -OCH3 is 1. The Hall–Kier alpha value is -2.64. The quantitative estimate of drug-likeness (QED) is 0.463. The van der Waals surface area contributed by atoms with Crippen LogP contribution in [0.3, 0.4) is 0 Å². The third kappa shape index (κ3) is 3.45. The molecule has 90 valence electrons. The van der Waals surface area contributed by atoms with E-state index in [-0.39, 0.29) is 17.0 Å². The van der Waals surface area contributed by atoms with Gasteiger partial charge in [0.2, 0.25) is 0 Å². The van der Waals surface area contributed by atoms with E-state index in [1.165, 1.54) is 0 Å². The zero-order chi connectivity index (χ0) is 12.8. The summed E-state index contributed by atoms with van der Waals surface area (Å²) in [5, 5.41) is 23.3. The Kier molecular flexibility index (Phi) is 3.98. The molecule has 0 saturated carbocycles. The van der Waals surface area contributed by atoms with Crippen molar-refractivity contribution < 1.29 is 19.6 Å². The lowest BCUT2D eigenvalue weighted by Gasteiger charge is -1.99. The van der Waals surface area contributed by atoms with Crippen molar-refractivity contribution in [3.05, 3.63) is 33.9 Å². The maximum atomic E-state index is 10.6. The first-order valence-corrected chi connectivity index (χ1v) is 4.39. The van der Waals surface area contributed by atoms with Crippen LogP contribution in [0.15, 0.2) is 23.3 Å². The van der Waals surface area contributed by atoms with Crippen LogP contribution in [-0.4, -0.2) is 29.4 Å². The Balaban J connectivity index is 2.86. The van der Waals surface area contributed by atoms with Gasteiger partial charge in [-0.15, -0.1) is 0 Å². The Morgan fingerprint density at radius 1 is 1.65 bits per heavy atom. The van der Waals surface area contributed by atoms with Crippen LogP contribution in [0, 0.1) is 10.1 Å². The summed E-state index contributed by atoms with van der Waals surface area (Å²) in [7, 11) is 1.16. The van der Waals surface area contributed by atoms with Gasteiger partial charge in [-0.05, 0) is 6.07 Å². The summed E-state index contributed by atoms with van der Waals surface area (Å²) in [6, 6.07) is 3.44. The van der Waals surface area contributed by atoms with Crippen LogP contribution in [0.4, 0.5) is 10.5 Å². The summed E-state index contributed by atoms with van der Waals surface area (Å²) >= 11 is 0. The second kappa shape index (κ2) is 5.45. The largest absolute Gasteiger partial charge is 0.507 e. The van der Waals surface area contributed by atoms with E-state index in [9.17, 15) is 20.0 Å². The first-order valence-electron chi connectivity index (χ1n) is 4.39. The van der Waals surface area contributed by atoms with Crippen molar-refractivity contribution in [2.45, 2.75) is 0 Å². The number of rotatable bonds is 3. The minimum atomic E-state index is -0.786. The number of nitro benzene ring substituents is 1. The molecule has 8 heteroatoms. The van der Waals surface area contributed by atoms with Crippen LogP contribution in [0.25, 0.3) is 0 Å². The summed E-state index contributed by atoms with van der Waals surface area (Å²) in [6.07, 6.45) is 0.283. The van der Waals surface area contributed by atoms with E-state index in [1.54, 1.807) is 0 Å². The Bertz CT molecular complexity index is 472. The number of carbonyl (C=O) groups is 1. The average molecular weight is 239 g/mol. The summed E-state index contributed by atoms with van der Waals surface area (Å²) in [4.78, 5) is 20.5. The number of amides is 1. The van der Waals surface area contributed by atoms with Crippen molar-refractivity contribution >= 4 is 18.0 Å². The molecule has 1 rings (SSSR count). The van der Waals surface area contributed by atoms with Crippen molar-refractivity contribution in [1.82, 2.24) is 5.43 Å². The number of aromatic hydroxyl groups is 1. The number of nitrogens with one attached hydrogen (secondary N) is 1. The van der Waals surface area contributed by atoms with Crippen molar-refractivity contribution in [3.8, 4) is 5.75 Å². The molecule has 0 aliphatic carbocycles. The van der Waals surface area contributed by atoms with Crippen LogP contribution >= 0.6 is 0 Å². The number of hydrogen-bond acceptors (Lipinski definition) is 6.